The molecule has 0 nitrogen and oxygen atoms in total. The Balaban J connectivity index is 1.07. The number of benzene rings is 13. The fourth-order valence-electron chi connectivity index (χ4n) is 15.0. The highest BCUT2D eigenvalue weighted by atomic mass is 14.4. The van der Waals surface area contributed by atoms with Crippen molar-refractivity contribution < 1.29 is 0 Å². The first-order valence-corrected chi connectivity index (χ1v) is 29.2. The molecule has 0 fully saturated rings. The van der Waals surface area contributed by atoms with Gasteiger partial charge in [0, 0.05) is 0 Å². The summed E-state index contributed by atoms with van der Waals surface area (Å²) in [6, 6.07) is 71.7. The zero-order chi connectivity index (χ0) is 54.8. The van der Waals surface area contributed by atoms with Crippen LogP contribution in [0.5, 0.6) is 0 Å². The molecule has 1 aliphatic rings. The summed E-state index contributed by atoms with van der Waals surface area (Å²) in [6.45, 7) is 28.4. The molecule has 0 radical (unpaired) electrons. The van der Waals surface area contributed by atoms with Gasteiger partial charge in [-0.3, -0.25) is 0 Å². The normalized spacial score (nSPS) is 13.5. The number of rotatable bonds is 3. The summed E-state index contributed by atoms with van der Waals surface area (Å²) in [5.74, 6) is 0. The lowest BCUT2D eigenvalue weighted by Gasteiger charge is -2.29. The fraction of sp³-hybridized carbons (Fsp3) is 0.200. The molecule has 80 heavy (non-hydrogen) atoms. The zero-order valence-electron chi connectivity index (χ0n) is 48.3. The van der Waals surface area contributed by atoms with Gasteiger partial charge >= 0.3 is 0 Å². The van der Waals surface area contributed by atoms with E-state index in [2.05, 4.69) is 265 Å². The Bertz CT molecular complexity index is 4930. The van der Waals surface area contributed by atoms with E-state index in [4.69, 9.17) is 0 Å². The van der Waals surface area contributed by atoms with Crippen LogP contribution in [-0.4, -0.2) is 0 Å². The molecule has 0 saturated heterocycles. The van der Waals surface area contributed by atoms with Crippen molar-refractivity contribution in [2.75, 3.05) is 0 Å². The molecule has 0 heterocycles. The molecule has 15 aromatic rings. The molecule has 0 unspecified atom stereocenters. The van der Waals surface area contributed by atoms with E-state index in [-0.39, 0.29) is 21.7 Å². The van der Waals surface area contributed by atoms with Gasteiger partial charge in [-0.25, -0.2) is 0 Å². The summed E-state index contributed by atoms with van der Waals surface area (Å²) < 4.78 is 0. The molecular weight excluding hydrogens is 961 g/mol. The SMILES string of the molecule is CC(C)(C)c1cc(-c2c3c(c(-c4cc(C(C)(C)C)cc(C(C)(C)C)c4)c4ccccc24)-c2ccc4c5ccc6c7c(ccc(c8ccc-3c2c84)c57)c2c(-c3ccccc3)c3cccc4c5ccccc5c(c34)c62)cc(C(C)(C)C)c1. The predicted molar refractivity (Wildman–Crippen MR) is 351 cm³/mol. The first-order chi connectivity index (χ1) is 38.3. The summed E-state index contributed by atoms with van der Waals surface area (Å²) in [4.78, 5) is 0. The molecule has 0 aliphatic heterocycles. The van der Waals surface area contributed by atoms with E-state index in [1.165, 1.54) is 186 Å². The van der Waals surface area contributed by atoms with Crippen LogP contribution < -0.4 is 0 Å². The monoisotopic (exact) mass is 1030 g/mol. The molecule has 0 saturated carbocycles. The molecule has 0 spiro atoms. The third-order valence-electron chi connectivity index (χ3n) is 19.0. The van der Waals surface area contributed by atoms with E-state index < -0.39 is 0 Å². The largest absolute Gasteiger partial charge is 0.0622 e. The quantitative estimate of drug-likeness (QED) is 0.122. The fourth-order valence-corrected chi connectivity index (χ4v) is 15.0. The molecular formula is C80H66. The summed E-state index contributed by atoms with van der Waals surface area (Å²) in [5, 5.41) is 26.9. The number of hydrogen-bond donors (Lipinski definition) is 0. The van der Waals surface area contributed by atoms with Crippen LogP contribution in [-0.2, 0) is 21.7 Å². The Hall–Kier alpha value is -8.32. The van der Waals surface area contributed by atoms with Crippen LogP contribution in [0.4, 0.5) is 0 Å². The first kappa shape index (κ1) is 47.7. The highest BCUT2D eigenvalue weighted by molar-refractivity contribution is 6.51. The maximum Gasteiger partial charge on any atom is -0.000696 e. The Morgan fingerprint density at radius 2 is 0.512 bits per heavy atom. The van der Waals surface area contributed by atoms with E-state index in [0.29, 0.717) is 0 Å². The lowest BCUT2D eigenvalue weighted by atomic mass is 9.75. The second-order valence-corrected chi connectivity index (χ2v) is 27.9. The van der Waals surface area contributed by atoms with Crippen LogP contribution >= 0.6 is 0 Å². The Kier molecular flexibility index (Phi) is 9.37. The molecule has 0 N–H and O–H groups in total. The second-order valence-electron chi connectivity index (χ2n) is 27.9. The van der Waals surface area contributed by atoms with E-state index in [0.717, 1.165) is 0 Å². The molecule has 386 valence electrons. The topological polar surface area (TPSA) is 0 Å². The van der Waals surface area contributed by atoms with Crippen molar-refractivity contribution in [3.8, 4) is 55.6 Å². The lowest BCUT2D eigenvalue weighted by molar-refractivity contribution is 0.568. The van der Waals surface area contributed by atoms with Crippen molar-refractivity contribution in [2.45, 2.75) is 105 Å². The maximum atomic E-state index is 2.53. The van der Waals surface area contributed by atoms with Gasteiger partial charge in [-0.2, -0.15) is 0 Å². The summed E-state index contributed by atoms with van der Waals surface area (Å²) in [7, 11) is 0. The van der Waals surface area contributed by atoms with Crippen molar-refractivity contribution in [3.63, 3.8) is 0 Å². The van der Waals surface area contributed by atoms with Crippen LogP contribution in [0.2, 0.25) is 0 Å². The van der Waals surface area contributed by atoms with Crippen LogP contribution in [0.1, 0.15) is 105 Å². The molecule has 15 aromatic carbocycles. The van der Waals surface area contributed by atoms with Crippen molar-refractivity contribution in [2.24, 2.45) is 0 Å². The Morgan fingerprint density at radius 1 is 0.188 bits per heavy atom. The van der Waals surface area contributed by atoms with E-state index in [1.54, 1.807) is 0 Å². The standard InChI is InChI=1S/C80H66/c1-77(2,3)46-37-44(38-47(41-46)78(4,5)6)65-53-25-18-19-26-54(53)66(45-39-48(79(7,8)9)42-49(40-45)80(10,11)12)75-62-35-31-56-58-32-36-63-71-60(33-29-57(68(58)71)55-30-34-61(74(65)75)70(62)67(55)56)73-64(43-21-14-13-15-22-43)59-28-20-27-51-50-23-16-17-24-52(50)72(69(51)59)76(63)73/h13-42H,1-12H3. The average molecular weight is 1030 g/mol. The van der Waals surface area contributed by atoms with Crippen molar-refractivity contribution >= 4 is 108 Å². The first-order valence-electron chi connectivity index (χ1n) is 29.2. The summed E-state index contributed by atoms with van der Waals surface area (Å²) in [5.41, 5.74) is 18.5. The molecule has 16 rings (SSSR count). The van der Waals surface area contributed by atoms with Gasteiger partial charge in [0.2, 0.25) is 0 Å². The molecule has 0 bridgehead atoms. The van der Waals surface area contributed by atoms with Gasteiger partial charge < -0.3 is 0 Å². The molecule has 0 aromatic heterocycles. The third-order valence-corrected chi connectivity index (χ3v) is 19.0. The Labute approximate surface area is 469 Å². The van der Waals surface area contributed by atoms with Crippen LogP contribution in [0.3, 0.4) is 0 Å². The van der Waals surface area contributed by atoms with Crippen LogP contribution in [0, 0.1) is 0 Å². The number of hydrogen-bond acceptors (Lipinski definition) is 0. The predicted octanol–water partition coefficient (Wildman–Crippen LogP) is 23.4. The minimum absolute atomic E-state index is 0.0474. The van der Waals surface area contributed by atoms with Gasteiger partial charge in [0.05, 0.1) is 0 Å². The average Bonchev–Trinajstić information content (AvgIpc) is 2.03. The second kappa shape index (κ2) is 15.7. The Morgan fingerprint density at radius 3 is 1.00 bits per heavy atom. The minimum Gasteiger partial charge on any atom is -0.0622 e. The zero-order valence-corrected chi connectivity index (χ0v) is 48.3. The van der Waals surface area contributed by atoms with Crippen molar-refractivity contribution in [3.05, 3.63) is 204 Å². The van der Waals surface area contributed by atoms with Gasteiger partial charge in [0.25, 0.3) is 0 Å². The van der Waals surface area contributed by atoms with Crippen LogP contribution in [0.15, 0.2) is 182 Å². The summed E-state index contributed by atoms with van der Waals surface area (Å²) in [6.07, 6.45) is 0. The van der Waals surface area contributed by atoms with Crippen molar-refractivity contribution in [1.29, 1.82) is 0 Å². The minimum atomic E-state index is -0.0474. The van der Waals surface area contributed by atoms with Gasteiger partial charge in [-0.15, -0.1) is 0 Å². The van der Waals surface area contributed by atoms with Crippen molar-refractivity contribution in [1.82, 2.24) is 0 Å². The third kappa shape index (κ3) is 6.34. The molecule has 1 aliphatic carbocycles. The summed E-state index contributed by atoms with van der Waals surface area (Å²) >= 11 is 0. The maximum absolute atomic E-state index is 2.53. The molecule has 0 amide bonds. The van der Waals surface area contributed by atoms with E-state index in [9.17, 15) is 0 Å². The molecule has 0 atom stereocenters. The highest BCUT2D eigenvalue weighted by Gasteiger charge is 2.35. The highest BCUT2D eigenvalue weighted by Crippen LogP contribution is 2.62. The van der Waals surface area contributed by atoms with Crippen LogP contribution in [0.25, 0.3) is 163 Å². The van der Waals surface area contributed by atoms with E-state index in [1.807, 2.05) is 0 Å². The number of fused-ring (bicyclic) bond motifs is 13. The van der Waals surface area contributed by atoms with Gasteiger partial charge in [0.15, 0.2) is 0 Å². The smallest absolute Gasteiger partial charge is 0.000696 e. The van der Waals surface area contributed by atoms with Gasteiger partial charge in [-0.1, -0.05) is 265 Å². The van der Waals surface area contributed by atoms with Gasteiger partial charge in [-0.05, 0) is 207 Å². The molecule has 0 heteroatoms. The van der Waals surface area contributed by atoms with E-state index >= 15 is 0 Å². The van der Waals surface area contributed by atoms with Gasteiger partial charge in [0.1, 0.15) is 0 Å². The lowest BCUT2D eigenvalue weighted by Crippen LogP contribution is -2.17.